The minimum absolute atomic E-state index is 1.12. The Morgan fingerprint density at radius 2 is 1.02 bits per heavy atom. The van der Waals surface area contributed by atoms with Crippen molar-refractivity contribution < 1.29 is 0 Å². The molecule has 55 heavy (non-hydrogen) atoms. The first-order valence-corrected chi connectivity index (χ1v) is 19.6. The molecule has 0 fully saturated rings. The number of anilines is 3. The molecule has 0 amide bonds. The van der Waals surface area contributed by atoms with E-state index in [9.17, 15) is 0 Å². The van der Waals surface area contributed by atoms with E-state index in [1.807, 2.05) is 11.3 Å². The molecular weight excluding hydrogens is 685 g/mol. The molecule has 2 heterocycles. The summed E-state index contributed by atoms with van der Waals surface area (Å²) < 4.78 is 5.03. The Labute approximate surface area is 323 Å². The summed E-state index contributed by atoms with van der Waals surface area (Å²) >= 11 is 1.87. The Hall–Kier alpha value is -6.94. The van der Waals surface area contributed by atoms with E-state index in [2.05, 4.69) is 216 Å². The fourth-order valence-electron chi connectivity index (χ4n) is 8.40. The molecule has 0 bridgehead atoms. The molecule has 0 saturated carbocycles. The standard InChI is InChI=1S/C52H34N2S/c1-3-13-35(14-4-1)38-16-11-19-42(33-38)53(48-23-12-22-47-45-21-9-10-24-50(45)55-52(47)48)41-29-25-36(26-30-41)39-28-31-44-46-32-27-37-15-7-8-20-43(37)51(46)54(49(44)34-39)40-17-5-2-6-18-40/h1-34H. The number of benzene rings is 9. The molecule has 0 atom stereocenters. The van der Waals surface area contributed by atoms with Crippen LogP contribution in [0.4, 0.5) is 17.1 Å². The van der Waals surface area contributed by atoms with Gasteiger partial charge in [0, 0.05) is 48.7 Å². The first-order valence-electron chi connectivity index (χ1n) is 18.8. The predicted octanol–water partition coefficient (Wildman–Crippen LogP) is 15.1. The van der Waals surface area contributed by atoms with Crippen molar-refractivity contribution in [3.63, 3.8) is 0 Å². The minimum atomic E-state index is 1.12. The molecule has 0 saturated heterocycles. The fraction of sp³-hybridized carbons (Fsp3) is 0. The fourth-order valence-corrected chi connectivity index (χ4v) is 9.60. The topological polar surface area (TPSA) is 8.17 Å². The molecule has 0 aliphatic carbocycles. The van der Waals surface area contributed by atoms with E-state index in [1.165, 1.54) is 80.7 Å². The van der Waals surface area contributed by atoms with Crippen molar-refractivity contribution in [1.82, 2.24) is 4.57 Å². The van der Waals surface area contributed by atoms with Crippen LogP contribution in [0.25, 0.3) is 80.7 Å². The maximum absolute atomic E-state index is 2.44. The molecule has 0 radical (unpaired) electrons. The van der Waals surface area contributed by atoms with Gasteiger partial charge in [0.1, 0.15) is 0 Å². The third-order valence-corrected chi connectivity index (χ3v) is 12.2. The summed E-state index contributed by atoms with van der Waals surface area (Å²) in [5.74, 6) is 0. The van der Waals surface area contributed by atoms with E-state index in [0.717, 1.165) is 17.1 Å². The number of rotatable bonds is 6. The Morgan fingerprint density at radius 3 is 1.87 bits per heavy atom. The summed E-state index contributed by atoms with van der Waals surface area (Å²) in [7, 11) is 0. The number of fused-ring (bicyclic) bond motifs is 8. The molecule has 0 spiro atoms. The van der Waals surface area contributed by atoms with Crippen molar-refractivity contribution in [1.29, 1.82) is 0 Å². The molecule has 0 aliphatic heterocycles. The second-order valence-corrected chi connectivity index (χ2v) is 15.2. The van der Waals surface area contributed by atoms with Gasteiger partial charge >= 0.3 is 0 Å². The van der Waals surface area contributed by atoms with Gasteiger partial charge in [-0.15, -0.1) is 11.3 Å². The van der Waals surface area contributed by atoms with Crippen molar-refractivity contribution in [2.75, 3.05) is 4.90 Å². The molecule has 11 aromatic rings. The third-order valence-electron chi connectivity index (χ3n) is 11.0. The second kappa shape index (κ2) is 12.9. The van der Waals surface area contributed by atoms with Crippen molar-refractivity contribution in [3.8, 4) is 27.9 Å². The lowest BCUT2D eigenvalue weighted by Gasteiger charge is -2.27. The summed E-state index contributed by atoms with van der Waals surface area (Å²) in [6.07, 6.45) is 0. The predicted molar refractivity (Wildman–Crippen MR) is 237 cm³/mol. The van der Waals surface area contributed by atoms with E-state index < -0.39 is 0 Å². The number of aromatic nitrogens is 1. The molecule has 2 aromatic heterocycles. The van der Waals surface area contributed by atoms with Gasteiger partial charge in [0.15, 0.2) is 0 Å². The minimum Gasteiger partial charge on any atom is -0.309 e. The van der Waals surface area contributed by atoms with Crippen LogP contribution in [0.15, 0.2) is 206 Å². The van der Waals surface area contributed by atoms with E-state index >= 15 is 0 Å². The van der Waals surface area contributed by atoms with Crippen molar-refractivity contribution >= 4 is 81.1 Å². The van der Waals surface area contributed by atoms with E-state index in [0.29, 0.717) is 0 Å². The van der Waals surface area contributed by atoms with Gasteiger partial charge in [-0.3, -0.25) is 0 Å². The zero-order valence-corrected chi connectivity index (χ0v) is 30.7. The van der Waals surface area contributed by atoms with E-state index in [-0.39, 0.29) is 0 Å². The lowest BCUT2D eigenvalue weighted by Crippen LogP contribution is -2.10. The molecular formula is C52H34N2S. The third kappa shape index (κ3) is 5.24. The van der Waals surface area contributed by atoms with Crippen LogP contribution >= 0.6 is 11.3 Å². The highest BCUT2D eigenvalue weighted by Gasteiger charge is 2.20. The maximum atomic E-state index is 2.44. The summed E-state index contributed by atoms with van der Waals surface area (Å²) in [6, 6.07) is 75.1. The summed E-state index contributed by atoms with van der Waals surface area (Å²) in [6.45, 7) is 0. The molecule has 0 unspecified atom stereocenters. The number of thiophene rings is 1. The maximum Gasteiger partial charge on any atom is 0.0640 e. The number of nitrogens with zero attached hydrogens (tertiary/aromatic N) is 2. The van der Waals surface area contributed by atoms with Gasteiger partial charge in [0.2, 0.25) is 0 Å². The molecule has 0 N–H and O–H groups in total. The Balaban J connectivity index is 1.08. The van der Waals surface area contributed by atoms with Crippen molar-refractivity contribution in [2.45, 2.75) is 0 Å². The number of hydrogen-bond donors (Lipinski definition) is 0. The highest BCUT2D eigenvalue weighted by Crippen LogP contribution is 2.46. The summed E-state index contributed by atoms with van der Waals surface area (Å²) in [4.78, 5) is 2.43. The van der Waals surface area contributed by atoms with Gasteiger partial charge in [0.05, 0.1) is 21.4 Å². The van der Waals surface area contributed by atoms with Gasteiger partial charge < -0.3 is 9.47 Å². The summed E-state index contributed by atoms with van der Waals surface area (Å²) in [5, 5.41) is 7.61. The quantitative estimate of drug-likeness (QED) is 0.166. The SMILES string of the molecule is c1ccc(-c2cccc(N(c3ccc(-c4ccc5c6ccc7ccccc7c6n(-c6ccccc6)c5c4)cc3)c3cccc4c3sc3ccccc34)c2)cc1. The molecule has 11 rings (SSSR count). The lowest BCUT2D eigenvalue weighted by atomic mass is 10.0. The molecule has 9 aromatic carbocycles. The normalized spacial score (nSPS) is 11.6. The van der Waals surface area contributed by atoms with E-state index in [4.69, 9.17) is 0 Å². The first-order chi connectivity index (χ1) is 27.3. The monoisotopic (exact) mass is 718 g/mol. The largest absolute Gasteiger partial charge is 0.309 e. The number of para-hydroxylation sites is 1. The van der Waals surface area contributed by atoms with Gasteiger partial charge in [-0.05, 0) is 82.2 Å². The van der Waals surface area contributed by atoms with E-state index in [1.54, 1.807) is 0 Å². The lowest BCUT2D eigenvalue weighted by molar-refractivity contribution is 1.19. The Morgan fingerprint density at radius 1 is 0.382 bits per heavy atom. The first kappa shape index (κ1) is 31.6. The van der Waals surface area contributed by atoms with Crippen LogP contribution < -0.4 is 4.90 Å². The van der Waals surface area contributed by atoms with Crippen LogP contribution in [0.2, 0.25) is 0 Å². The highest BCUT2D eigenvalue weighted by molar-refractivity contribution is 7.26. The van der Waals surface area contributed by atoms with Crippen molar-refractivity contribution in [3.05, 3.63) is 206 Å². The van der Waals surface area contributed by atoms with Gasteiger partial charge in [0.25, 0.3) is 0 Å². The smallest absolute Gasteiger partial charge is 0.0640 e. The van der Waals surface area contributed by atoms with Crippen LogP contribution in [0.5, 0.6) is 0 Å². The average molecular weight is 719 g/mol. The average Bonchev–Trinajstić information content (AvgIpc) is 3.81. The van der Waals surface area contributed by atoms with Crippen LogP contribution in [-0.2, 0) is 0 Å². The van der Waals surface area contributed by atoms with Gasteiger partial charge in [-0.25, -0.2) is 0 Å². The van der Waals surface area contributed by atoms with Crippen LogP contribution in [0.3, 0.4) is 0 Å². The Bertz CT molecular complexity index is 3190. The summed E-state index contributed by atoms with van der Waals surface area (Å²) in [5.41, 5.74) is 11.8. The second-order valence-electron chi connectivity index (χ2n) is 14.1. The van der Waals surface area contributed by atoms with Crippen molar-refractivity contribution in [2.24, 2.45) is 0 Å². The van der Waals surface area contributed by atoms with Crippen LogP contribution in [-0.4, -0.2) is 4.57 Å². The zero-order chi connectivity index (χ0) is 36.3. The number of hydrogen-bond acceptors (Lipinski definition) is 2. The molecule has 3 heteroatoms. The van der Waals surface area contributed by atoms with Crippen LogP contribution in [0, 0.1) is 0 Å². The van der Waals surface area contributed by atoms with Gasteiger partial charge in [-0.2, -0.15) is 0 Å². The molecule has 0 aliphatic rings. The Kier molecular flexibility index (Phi) is 7.39. The highest BCUT2D eigenvalue weighted by atomic mass is 32.1. The van der Waals surface area contributed by atoms with Crippen LogP contribution in [0.1, 0.15) is 0 Å². The molecule has 258 valence electrons. The van der Waals surface area contributed by atoms with Gasteiger partial charge in [-0.1, -0.05) is 152 Å². The molecule has 2 nitrogen and oxygen atoms in total. The zero-order valence-electron chi connectivity index (χ0n) is 29.9.